The van der Waals surface area contributed by atoms with Crippen LogP contribution < -0.4 is 0 Å². The molecule has 0 fully saturated rings. The van der Waals surface area contributed by atoms with Gasteiger partial charge in [0.05, 0.1) is 12.7 Å². The fourth-order valence-electron chi connectivity index (χ4n) is 0.852. The molecule has 13 heavy (non-hydrogen) atoms. The summed E-state index contributed by atoms with van der Waals surface area (Å²) in [4.78, 5) is 0. The average molecular weight is 190 g/mol. The van der Waals surface area contributed by atoms with Gasteiger partial charge in [0.15, 0.2) is 6.29 Å². The summed E-state index contributed by atoms with van der Waals surface area (Å²) in [5.74, 6) is 0. The van der Waals surface area contributed by atoms with Crippen molar-refractivity contribution in [3.63, 3.8) is 0 Å². The maximum absolute atomic E-state index is 9.29. The van der Waals surface area contributed by atoms with Gasteiger partial charge in [-0.2, -0.15) is 0 Å². The maximum Gasteiger partial charge on any atom is 0.156 e. The predicted octanol–water partition coefficient (Wildman–Crippen LogP) is 1.94. The molecule has 0 aliphatic heterocycles. The molecule has 0 aromatic heterocycles. The monoisotopic (exact) mass is 190 g/mol. The number of hydrogen-bond acceptors (Lipinski definition) is 3. The van der Waals surface area contributed by atoms with E-state index in [2.05, 4.69) is 6.92 Å². The van der Waals surface area contributed by atoms with E-state index in [4.69, 9.17) is 9.47 Å². The van der Waals surface area contributed by atoms with Crippen molar-refractivity contribution in [2.24, 2.45) is 0 Å². The molecule has 1 atom stereocenters. The molecule has 0 spiro atoms. The molecular weight excluding hydrogens is 168 g/mol. The number of hydrogen-bond donors (Lipinski definition) is 1. The smallest absolute Gasteiger partial charge is 0.156 e. The Balaban J connectivity index is 3.15. The zero-order valence-corrected chi connectivity index (χ0v) is 8.95. The van der Waals surface area contributed by atoms with Crippen LogP contribution >= 0.6 is 0 Å². The van der Waals surface area contributed by atoms with Gasteiger partial charge >= 0.3 is 0 Å². The lowest BCUT2D eigenvalue weighted by Gasteiger charge is -2.12. The molecule has 0 aromatic carbocycles. The van der Waals surface area contributed by atoms with Crippen molar-refractivity contribution in [3.8, 4) is 0 Å². The minimum Gasteiger partial charge on any atom is -0.379 e. The quantitative estimate of drug-likeness (QED) is 0.469. The standard InChI is InChI=1S/C10H22O3/c1-4-5-7-13-10(11)6-8-12-9(2)3/h9-11H,4-8H2,1-3H3. The van der Waals surface area contributed by atoms with Crippen molar-refractivity contribution < 1.29 is 14.6 Å². The first kappa shape index (κ1) is 12.9. The Bertz CT molecular complexity index is 104. The Labute approximate surface area is 81.0 Å². The molecule has 1 unspecified atom stereocenters. The summed E-state index contributed by atoms with van der Waals surface area (Å²) >= 11 is 0. The molecule has 3 heteroatoms. The Kier molecular flexibility index (Phi) is 8.40. The molecule has 0 heterocycles. The molecule has 0 aliphatic rings. The highest BCUT2D eigenvalue weighted by Crippen LogP contribution is 1.99. The Morgan fingerprint density at radius 1 is 1.15 bits per heavy atom. The number of ether oxygens (including phenoxy) is 2. The van der Waals surface area contributed by atoms with E-state index in [1.807, 2.05) is 13.8 Å². The molecule has 0 aromatic rings. The lowest BCUT2D eigenvalue weighted by Crippen LogP contribution is -2.17. The Morgan fingerprint density at radius 2 is 1.85 bits per heavy atom. The molecule has 80 valence electrons. The molecule has 0 rings (SSSR count). The summed E-state index contributed by atoms with van der Waals surface area (Å²) in [6.45, 7) is 7.25. The molecule has 0 radical (unpaired) electrons. The van der Waals surface area contributed by atoms with Crippen LogP contribution in [0.25, 0.3) is 0 Å². The van der Waals surface area contributed by atoms with E-state index < -0.39 is 6.29 Å². The van der Waals surface area contributed by atoms with Crippen LogP contribution in [0.15, 0.2) is 0 Å². The Hall–Kier alpha value is -0.120. The highest BCUT2D eigenvalue weighted by Gasteiger charge is 2.03. The van der Waals surface area contributed by atoms with Gasteiger partial charge in [-0.3, -0.25) is 0 Å². The summed E-state index contributed by atoms with van der Waals surface area (Å²) in [5.41, 5.74) is 0. The number of aliphatic hydroxyl groups excluding tert-OH is 1. The van der Waals surface area contributed by atoms with E-state index in [1.165, 1.54) is 0 Å². The van der Waals surface area contributed by atoms with Crippen molar-refractivity contribution >= 4 is 0 Å². The Morgan fingerprint density at radius 3 is 2.38 bits per heavy atom. The molecule has 0 saturated heterocycles. The first-order chi connectivity index (χ1) is 6.16. The second kappa shape index (κ2) is 8.48. The van der Waals surface area contributed by atoms with Crippen LogP contribution in [0.5, 0.6) is 0 Å². The van der Waals surface area contributed by atoms with Gasteiger partial charge in [-0.25, -0.2) is 0 Å². The van der Waals surface area contributed by atoms with Crippen LogP contribution in [0.4, 0.5) is 0 Å². The maximum atomic E-state index is 9.29. The molecule has 3 nitrogen and oxygen atoms in total. The number of rotatable bonds is 8. The highest BCUT2D eigenvalue weighted by atomic mass is 16.6. The van der Waals surface area contributed by atoms with Crippen molar-refractivity contribution in [2.75, 3.05) is 13.2 Å². The van der Waals surface area contributed by atoms with Crippen LogP contribution in [0.1, 0.15) is 40.0 Å². The molecule has 0 aliphatic carbocycles. The van der Waals surface area contributed by atoms with Gasteiger partial charge in [-0.1, -0.05) is 13.3 Å². The third kappa shape index (κ3) is 9.80. The third-order valence-electron chi connectivity index (χ3n) is 1.62. The summed E-state index contributed by atoms with van der Waals surface area (Å²) in [6.07, 6.45) is 2.22. The van der Waals surface area contributed by atoms with Crippen LogP contribution in [0, 0.1) is 0 Å². The van der Waals surface area contributed by atoms with Crippen molar-refractivity contribution in [2.45, 2.75) is 52.4 Å². The zero-order chi connectivity index (χ0) is 10.1. The van der Waals surface area contributed by atoms with E-state index in [0.29, 0.717) is 19.6 Å². The van der Waals surface area contributed by atoms with Crippen molar-refractivity contribution in [1.29, 1.82) is 0 Å². The predicted molar refractivity (Wildman–Crippen MR) is 52.6 cm³/mol. The van der Waals surface area contributed by atoms with E-state index in [1.54, 1.807) is 0 Å². The second-order valence-corrected chi connectivity index (χ2v) is 3.39. The van der Waals surface area contributed by atoms with Gasteiger partial charge in [0, 0.05) is 13.0 Å². The van der Waals surface area contributed by atoms with E-state index in [9.17, 15) is 5.11 Å². The number of unbranched alkanes of at least 4 members (excludes halogenated alkanes) is 1. The summed E-state index contributed by atoms with van der Waals surface area (Å²) in [6, 6.07) is 0. The van der Waals surface area contributed by atoms with Gasteiger partial charge in [0.1, 0.15) is 0 Å². The van der Waals surface area contributed by atoms with Gasteiger partial charge in [-0.15, -0.1) is 0 Å². The topological polar surface area (TPSA) is 38.7 Å². The number of aliphatic hydroxyl groups is 1. The summed E-state index contributed by atoms with van der Waals surface area (Å²) < 4.78 is 10.4. The lowest BCUT2D eigenvalue weighted by atomic mass is 10.3. The fourth-order valence-corrected chi connectivity index (χ4v) is 0.852. The normalized spacial score (nSPS) is 13.6. The van der Waals surface area contributed by atoms with Crippen molar-refractivity contribution in [1.82, 2.24) is 0 Å². The second-order valence-electron chi connectivity index (χ2n) is 3.39. The first-order valence-corrected chi connectivity index (χ1v) is 5.08. The average Bonchev–Trinajstić information content (AvgIpc) is 2.04. The largest absolute Gasteiger partial charge is 0.379 e. The lowest BCUT2D eigenvalue weighted by molar-refractivity contribution is -0.116. The minimum absolute atomic E-state index is 0.225. The SMILES string of the molecule is CCCCOC(O)CCOC(C)C. The summed E-state index contributed by atoms with van der Waals surface area (Å²) in [7, 11) is 0. The zero-order valence-electron chi connectivity index (χ0n) is 8.95. The highest BCUT2D eigenvalue weighted by molar-refractivity contribution is 4.44. The van der Waals surface area contributed by atoms with Gasteiger partial charge < -0.3 is 14.6 Å². The van der Waals surface area contributed by atoms with E-state index in [0.717, 1.165) is 12.8 Å². The third-order valence-corrected chi connectivity index (χ3v) is 1.62. The van der Waals surface area contributed by atoms with Crippen LogP contribution in [-0.4, -0.2) is 30.7 Å². The summed E-state index contributed by atoms with van der Waals surface area (Å²) in [5, 5.41) is 9.29. The van der Waals surface area contributed by atoms with Gasteiger partial charge in [-0.05, 0) is 20.3 Å². The molecule has 0 bridgehead atoms. The molecule has 0 saturated carbocycles. The molecule has 1 N–H and O–H groups in total. The van der Waals surface area contributed by atoms with E-state index >= 15 is 0 Å². The molecular formula is C10H22O3. The van der Waals surface area contributed by atoms with Crippen LogP contribution in [0.3, 0.4) is 0 Å². The first-order valence-electron chi connectivity index (χ1n) is 5.08. The fraction of sp³-hybridized carbons (Fsp3) is 1.00. The molecule has 0 amide bonds. The van der Waals surface area contributed by atoms with Gasteiger partial charge in [0.2, 0.25) is 0 Å². The van der Waals surface area contributed by atoms with Crippen LogP contribution in [-0.2, 0) is 9.47 Å². The van der Waals surface area contributed by atoms with Crippen molar-refractivity contribution in [3.05, 3.63) is 0 Å². The van der Waals surface area contributed by atoms with Gasteiger partial charge in [0.25, 0.3) is 0 Å². The minimum atomic E-state index is -0.662. The van der Waals surface area contributed by atoms with Crippen LogP contribution in [0.2, 0.25) is 0 Å². The van der Waals surface area contributed by atoms with E-state index in [-0.39, 0.29) is 6.10 Å².